The predicted molar refractivity (Wildman–Crippen MR) is 84.3 cm³/mol. The highest BCUT2D eigenvalue weighted by atomic mass is 32.1. The van der Waals surface area contributed by atoms with E-state index in [0.29, 0.717) is 16.3 Å². The van der Waals surface area contributed by atoms with Crippen molar-refractivity contribution in [3.8, 4) is 0 Å². The topological polar surface area (TPSA) is 64.4 Å². The Hall–Kier alpha value is -1.90. The first-order chi connectivity index (χ1) is 10.3. The smallest absolute Gasteiger partial charge is 0.311 e. The van der Waals surface area contributed by atoms with E-state index in [0.717, 1.165) is 21.3 Å². The van der Waals surface area contributed by atoms with E-state index in [2.05, 4.69) is 14.7 Å². The summed E-state index contributed by atoms with van der Waals surface area (Å²) in [4.78, 5) is 19.3. The normalized spacial score (nSPS) is 10.3. The molecule has 0 aliphatic rings. The maximum atomic E-state index is 12.0. The molecule has 0 amide bonds. The Morgan fingerprint density at radius 1 is 1.19 bits per heavy atom. The van der Waals surface area contributed by atoms with Crippen molar-refractivity contribution in [3.63, 3.8) is 0 Å². The molecule has 5 nitrogen and oxygen atoms in total. The van der Waals surface area contributed by atoms with Gasteiger partial charge in [-0.15, -0.1) is 27.8 Å². The van der Waals surface area contributed by atoms with Crippen LogP contribution in [-0.4, -0.2) is 21.3 Å². The standard InChI is InChI=1S/C13H9N3O2S3/c1-8-12(21-16-14-8)13(17)18-15-11(9-4-2-6-19-9)10-5-3-7-20-10/h2-7H,1H3. The van der Waals surface area contributed by atoms with Gasteiger partial charge in [0.1, 0.15) is 5.71 Å². The van der Waals surface area contributed by atoms with Crippen LogP contribution in [0.2, 0.25) is 0 Å². The minimum absolute atomic E-state index is 0.371. The zero-order chi connectivity index (χ0) is 14.7. The van der Waals surface area contributed by atoms with Crippen molar-refractivity contribution in [3.05, 3.63) is 55.4 Å². The molecule has 3 rings (SSSR count). The minimum atomic E-state index is -0.534. The zero-order valence-corrected chi connectivity index (χ0v) is 13.3. The van der Waals surface area contributed by atoms with Gasteiger partial charge >= 0.3 is 5.97 Å². The fourth-order valence-corrected chi connectivity index (χ4v) is 3.62. The van der Waals surface area contributed by atoms with Crippen molar-refractivity contribution in [2.24, 2.45) is 5.16 Å². The second-order valence-electron chi connectivity index (χ2n) is 3.96. The van der Waals surface area contributed by atoms with Gasteiger partial charge in [-0.2, -0.15) is 0 Å². The first-order valence-corrected chi connectivity index (χ1v) is 8.45. The molecule has 0 unspecified atom stereocenters. The molecule has 0 radical (unpaired) electrons. The third-order valence-electron chi connectivity index (χ3n) is 2.57. The van der Waals surface area contributed by atoms with E-state index >= 15 is 0 Å². The third kappa shape index (κ3) is 3.07. The lowest BCUT2D eigenvalue weighted by Gasteiger charge is -2.01. The fourth-order valence-electron chi connectivity index (χ4n) is 1.59. The van der Waals surface area contributed by atoms with E-state index in [1.807, 2.05) is 35.0 Å². The first kappa shape index (κ1) is 14.1. The number of hydrogen-bond donors (Lipinski definition) is 0. The number of aromatic nitrogens is 2. The van der Waals surface area contributed by atoms with Crippen LogP contribution in [0.1, 0.15) is 25.1 Å². The molecule has 21 heavy (non-hydrogen) atoms. The molecular formula is C13H9N3O2S3. The van der Waals surface area contributed by atoms with E-state index in [9.17, 15) is 4.79 Å². The number of nitrogens with zero attached hydrogens (tertiary/aromatic N) is 3. The SMILES string of the molecule is Cc1nnsc1C(=O)ON=C(c1cccs1)c1cccs1. The number of hydrogen-bond acceptors (Lipinski definition) is 8. The molecule has 3 aromatic heterocycles. The summed E-state index contributed by atoms with van der Waals surface area (Å²) in [6, 6.07) is 7.75. The first-order valence-electron chi connectivity index (χ1n) is 5.92. The molecule has 0 bridgehead atoms. The van der Waals surface area contributed by atoms with Gasteiger partial charge in [-0.1, -0.05) is 21.8 Å². The highest BCUT2D eigenvalue weighted by molar-refractivity contribution is 7.15. The zero-order valence-electron chi connectivity index (χ0n) is 10.8. The van der Waals surface area contributed by atoms with Crippen molar-refractivity contribution in [1.82, 2.24) is 9.59 Å². The van der Waals surface area contributed by atoms with Crippen molar-refractivity contribution in [2.45, 2.75) is 6.92 Å². The number of carbonyl (C=O) groups excluding carboxylic acids is 1. The number of carbonyl (C=O) groups is 1. The Morgan fingerprint density at radius 2 is 1.86 bits per heavy atom. The highest BCUT2D eigenvalue weighted by Crippen LogP contribution is 2.20. The maximum Gasteiger partial charge on any atom is 0.379 e. The highest BCUT2D eigenvalue weighted by Gasteiger charge is 2.17. The lowest BCUT2D eigenvalue weighted by Crippen LogP contribution is -2.05. The number of oxime groups is 1. The maximum absolute atomic E-state index is 12.0. The molecule has 0 aliphatic heterocycles. The second kappa shape index (κ2) is 6.25. The van der Waals surface area contributed by atoms with Gasteiger partial charge in [-0.3, -0.25) is 0 Å². The van der Waals surface area contributed by atoms with Crippen LogP contribution in [0.3, 0.4) is 0 Å². The van der Waals surface area contributed by atoms with Crippen LogP contribution in [-0.2, 0) is 4.84 Å². The summed E-state index contributed by atoms with van der Waals surface area (Å²) in [6.07, 6.45) is 0. The van der Waals surface area contributed by atoms with Crippen LogP contribution in [0.15, 0.2) is 40.2 Å². The summed E-state index contributed by atoms with van der Waals surface area (Å²) in [6.45, 7) is 1.71. The van der Waals surface area contributed by atoms with Crippen LogP contribution < -0.4 is 0 Å². The van der Waals surface area contributed by atoms with E-state index in [1.165, 1.54) is 0 Å². The molecule has 8 heteroatoms. The Bertz CT molecular complexity index is 724. The minimum Gasteiger partial charge on any atom is -0.311 e. The fraction of sp³-hybridized carbons (Fsp3) is 0.0769. The van der Waals surface area contributed by atoms with Gasteiger partial charge in [0, 0.05) is 0 Å². The van der Waals surface area contributed by atoms with E-state index < -0.39 is 5.97 Å². The van der Waals surface area contributed by atoms with Gasteiger partial charge in [0.2, 0.25) is 0 Å². The number of thiophene rings is 2. The lowest BCUT2D eigenvalue weighted by atomic mass is 10.2. The van der Waals surface area contributed by atoms with Crippen LogP contribution in [0, 0.1) is 6.92 Å². The van der Waals surface area contributed by atoms with Gasteiger partial charge < -0.3 is 4.84 Å². The average molecular weight is 335 g/mol. The van der Waals surface area contributed by atoms with Gasteiger partial charge in [-0.25, -0.2) is 4.79 Å². The van der Waals surface area contributed by atoms with Crippen LogP contribution in [0.4, 0.5) is 0 Å². The molecule has 106 valence electrons. The molecule has 0 saturated heterocycles. The summed E-state index contributed by atoms with van der Waals surface area (Å²) in [5.41, 5.74) is 1.21. The Kier molecular flexibility index (Phi) is 4.18. The van der Waals surface area contributed by atoms with Gasteiger partial charge in [-0.05, 0) is 41.3 Å². The van der Waals surface area contributed by atoms with Crippen LogP contribution in [0.5, 0.6) is 0 Å². The van der Waals surface area contributed by atoms with Gasteiger partial charge in [0.15, 0.2) is 4.88 Å². The van der Waals surface area contributed by atoms with Crippen molar-refractivity contribution in [1.29, 1.82) is 0 Å². The van der Waals surface area contributed by atoms with Gasteiger partial charge in [0.25, 0.3) is 0 Å². The largest absolute Gasteiger partial charge is 0.379 e. The molecule has 3 heterocycles. The quantitative estimate of drug-likeness (QED) is 0.415. The van der Waals surface area contributed by atoms with E-state index in [4.69, 9.17) is 4.84 Å². The molecular weight excluding hydrogens is 326 g/mol. The summed E-state index contributed by atoms with van der Waals surface area (Å²) >= 11 is 4.09. The average Bonchev–Trinajstić information content (AvgIpc) is 3.21. The van der Waals surface area contributed by atoms with E-state index in [1.54, 1.807) is 29.6 Å². The molecule has 0 N–H and O–H groups in total. The lowest BCUT2D eigenvalue weighted by molar-refractivity contribution is 0.0522. The Balaban J connectivity index is 1.88. The molecule has 0 fully saturated rings. The second-order valence-corrected chi connectivity index (χ2v) is 6.61. The molecule has 0 aliphatic carbocycles. The number of rotatable bonds is 4. The van der Waals surface area contributed by atoms with Crippen molar-refractivity contribution >= 4 is 45.9 Å². The van der Waals surface area contributed by atoms with Crippen LogP contribution >= 0.6 is 34.2 Å². The summed E-state index contributed by atoms with van der Waals surface area (Å²) in [5, 5.41) is 11.7. The van der Waals surface area contributed by atoms with Crippen LogP contribution in [0.25, 0.3) is 0 Å². The Labute approximate surface area is 132 Å². The molecule has 0 atom stereocenters. The van der Waals surface area contributed by atoms with Crippen molar-refractivity contribution in [2.75, 3.05) is 0 Å². The molecule has 0 spiro atoms. The van der Waals surface area contributed by atoms with Gasteiger partial charge in [0.05, 0.1) is 15.4 Å². The monoisotopic (exact) mass is 335 g/mol. The van der Waals surface area contributed by atoms with Crippen molar-refractivity contribution < 1.29 is 9.63 Å². The third-order valence-corrected chi connectivity index (χ3v) is 5.13. The molecule has 0 saturated carbocycles. The molecule has 0 aromatic carbocycles. The summed E-state index contributed by atoms with van der Waals surface area (Å²) in [7, 11) is 0. The Morgan fingerprint density at radius 3 is 2.33 bits per heavy atom. The van der Waals surface area contributed by atoms with E-state index in [-0.39, 0.29) is 0 Å². The summed E-state index contributed by atoms with van der Waals surface area (Å²) < 4.78 is 3.72. The molecule has 3 aromatic rings. The summed E-state index contributed by atoms with van der Waals surface area (Å²) in [5.74, 6) is -0.534. The number of aryl methyl sites for hydroxylation is 1. The predicted octanol–water partition coefficient (Wildman–Crippen LogP) is 3.58.